The molecule has 9 heteroatoms. The Bertz CT molecular complexity index is 653. The smallest absolute Gasteiger partial charge is 0.469 e. The van der Waals surface area contributed by atoms with Crippen LogP contribution in [0.25, 0.3) is 0 Å². The van der Waals surface area contributed by atoms with Crippen molar-refractivity contribution in [3.05, 3.63) is 12.4 Å². The van der Waals surface area contributed by atoms with Crippen molar-refractivity contribution in [2.45, 2.75) is 43.7 Å². The molecule has 0 spiro atoms. The summed E-state index contributed by atoms with van der Waals surface area (Å²) < 4.78 is 47.7. The normalized spacial score (nSPS) is 34.7. The Morgan fingerprint density at radius 2 is 2.08 bits per heavy atom. The van der Waals surface area contributed by atoms with Crippen LogP contribution in [0.5, 0.6) is 0 Å². The fourth-order valence-corrected chi connectivity index (χ4v) is 4.39. The summed E-state index contributed by atoms with van der Waals surface area (Å²) in [4.78, 5) is 13.6. The first-order valence-corrected chi connectivity index (χ1v) is 7.88. The largest absolute Gasteiger partial charge is 0.522 e. The first-order valence-electron chi connectivity index (χ1n) is 7.88. The molecule has 4 fully saturated rings. The van der Waals surface area contributed by atoms with Crippen molar-refractivity contribution in [3.63, 3.8) is 0 Å². The van der Waals surface area contributed by atoms with Gasteiger partial charge >= 0.3 is 12.3 Å². The van der Waals surface area contributed by atoms with Gasteiger partial charge in [0.15, 0.2) is 0 Å². The number of alkyl halides is 3. The Morgan fingerprint density at radius 3 is 2.71 bits per heavy atom. The fourth-order valence-electron chi connectivity index (χ4n) is 4.39. The van der Waals surface area contributed by atoms with E-state index in [2.05, 4.69) is 9.84 Å². The molecule has 3 aliphatic carbocycles. The molecule has 0 N–H and O–H groups in total. The molecule has 4 aliphatic rings. The first-order chi connectivity index (χ1) is 11.3. The quantitative estimate of drug-likeness (QED) is 0.782. The van der Waals surface area contributed by atoms with E-state index in [9.17, 15) is 18.0 Å². The van der Waals surface area contributed by atoms with Gasteiger partial charge in [-0.2, -0.15) is 5.10 Å². The molecule has 24 heavy (non-hydrogen) atoms. The number of carbonyl (C=O) groups excluding carboxylic acids is 1. The average Bonchev–Trinajstić information content (AvgIpc) is 3.02. The zero-order valence-corrected chi connectivity index (χ0v) is 13.2. The number of hydrogen-bond donors (Lipinski definition) is 0. The first kappa shape index (κ1) is 15.7. The van der Waals surface area contributed by atoms with Crippen LogP contribution < -0.4 is 4.90 Å². The molecular formula is C15H18F3N3O3. The number of aromatic nitrogens is 2. The maximum atomic E-state index is 12.3. The van der Waals surface area contributed by atoms with Crippen molar-refractivity contribution in [2.24, 2.45) is 5.41 Å². The SMILES string of the molecule is COC(=O)C12CC(n3cc(N4CCC(OC(F)(F)F)C4)cn3)(C1)C2. The number of methoxy groups -OCH3 is 1. The van der Waals surface area contributed by atoms with Gasteiger partial charge in [-0.15, -0.1) is 13.2 Å². The van der Waals surface area contributed by atoms with Crippen LogP contribution in [0, 0.1) is 5.41 Å². The van der Waals surface area contributed by atoms with Crippen LogP contribution in [0.4, 0.5) is 18.9 Å². The molecule has 1 unspecified atom stereocenters. The molecule has 5 rings (SSSR count). The van der Waals surface area contributed by atoms with E-state index in [-0.39, 0.29) is 23.5 Å². The van der Waals surface area contributed by atoms with Crippen LogP contribution in [-0.2, 0) is 19.8 Å². The highest BCUT2D eigenvalue weighted by Crippen LogP contribution is 2.71. The molecule has 6 nitrogen and oxygen atoms in total. The zero-order valence-electron chi connectivity index (χ0n) is 13.2. The lowest BCUT2D eigenvalue weighted by molar-refractivity contribution is -0.339. The average molecular weight is 345 g/mol. The monoisotopic (exact) mass is 345 g/mol. The van der Waals surface area contributed by atoms with Gasteiger partial charge in [0.25, 0.3) is 0 Å². The Hall–Kier alpha value is -1.77. The third-order valence-corrected chi connectivity index (χ3v) is 5.49. The van der Waals surface area contributed by atoms with Crippen molar-refractivity contribution in [3.8, 4) is 0 Å². The molecule has 132 valence electrons. The standard InChI is InChI=1S/C15H18F3N3O3/c1-23-12(22)13-7-14(8-13,9-13)21-5-10(4-19-21)20-3-2-11(6-20)24-15(16,17)18/h4-5,11H,2-3,6-9H2,1H3. The minimum atomic E-state index is -4.60. The van der Waals surface area contributed by atoms with Crippen molar-refractivity contribution in [1.82, 2.24) is 9.78 Å². The molecule has 1 saturated heterocycles. The predicted octanol–water partition coefficient (Wildman–Crippen LogP) is 2.05. The lowest BCUT2D eigenvalue weighted by Crippen LogP contribution is -2.71. The van der Waals surface area contributed by atoms with Crippen molar-refractivity contribution in [2.75, 3.05) is 25.1 Å². The lowest BCUT2D eigenvalue weighted by atomic mass is 9.39. The van der Waals surface area contributed by atoms with Crippen molar-refractivity contribution < 1.29 is 27.4 Å². The van der Waals surface area contributed by atoms with E-state index >= 15 is 0 Å². The Morgan fingerprint density at radius 1 is 1.38 bits per heavy atom. The number of halogens is 3. The molecular weight excluding hydrogens is 327 g/mol. The number of nitrogens with zero attached hydrogens (tertiary/aromatic N) is 3. The third-order valence-electron chi connectivity index (χ3n) is 5.49. The van der Waals surface area contributed by atoms with Crippen molar-refractivity contribution in [1.29, 1.82) is 0 Å². The second kappa shape index (κ2) is 4.87. The Balaban J connectivity index is 1.38. The summed E-state index contributed by atoms with van der Waals surface area (Å²) in [5, 5.41) is 4.37. The summed E-state index contributed by atoms with van der Waals surface area (Å²) in [5.41, 5.74) is 0.314. The van der Waals surface area contributed by atoms with Crippen LogP contribution in [0.1, 0.15) is 25.7 Å². The van der Waals surface area contributed by atoms with Gasteiger partial charge in [-0.25, -0.2) is 0 Å². The lowest BCUT2D eigenvalue weighted by Gasteiger charge is -2.67. The summed E-state index contributed by atoms with van der Waals surface area (Å²) >= 11 is 0. The van der Waals surface area contributed by atoms with Crippen LogP contribution in [0.2, 0.25) is 0 Å². The Labute approximate surface area is 136 Å². The molecule has 2 heterocycles. The molecule has 0 amide bonds. The highest BCUT2D eigenvalue weighted by Gasteiger charge is 2.74. The van der Waals surface area contributed by atoms with E-state index < -0.39 is 12.5 Å². The second-order valence-electron chi connectivity index (χ2n) is 7.09. The zero-order chi connectivity index (χ0) is 17.2. The van der Waals surface area contributed by atoms with Gasteiger partial charge in [-0.05, 0) is 25.7 Å². The number of hydrogen-bond acceptors (Lipinski definition) is 5. The molecule has 2 bridgehead atoms. The number of carbonyl (C=O) groups is 1. The summed E-state index contributed by atoms with van der Waals surface area (Å²) in [7, 11) is 1.40. The van der Waals surface area contributed by atoms with E-state index in [1.807, 2.05) is 15.8 Å². The summed E-state index contributed by atoms with van der Waals surface area (Å²) in [6.45, 7) is 0.704. The van der Waals surface area contributed by atoms with Crippen LogP contribution in [0.3, 0.4) is 0 Å². The number of rotatable bonds is 4. The van der Waals surface area contributed by atoms with Crippen LogP contribution in [0.15, 0.2) is 12.4 Å². The second-order valence-corrected chi connectivity index (χ2v) is 7.09. The van der Waals surface area contributed by atoms with E-state index in [0.29, 0.717) is 32.2 Å². The van der Waals surface area contributed by atoms with Gasteiger partial charge in [0.1, 0.15) is 0 Å². The topological polar surface area (TPSA) is 56.6 Å². The van der Waals surface area contributed by atoms with Crippen molar-refractivity contribution >= 4 is 11.7 Å². The maximum Gasteiger partial charge on any atom is 0.522 e. The number of ether oxygens (including phenoxy) is 2. The minimum Gasteiger partial charge on any atom is -0.469 e. The van der Waals surface area contributed by atoms with Gasteiger partial charge < -0.3 is 9.64 Å². The van der Waals surface area contributed by atoms with E-state index in [1.54, 1.807) is 6.20 Å². The highest BCUT2D eigenvalue weighted by molar-refractivity contribution is 5.81. The molecule has 3 saturated carbocycles. The molecule has 0 aromatic carbocycles. The predicted molar refractivity (Wildman–Crippen MR) is 76.3 cm³/mol. The molecule has 0 radical (unpaired) electrons. The van der Waals surface area contributed by atoms with Gasteiger partial charge in [0, 0.05) is 19.3 Å². The van der Waals surface area contributed by atoms with Gasteiger partial charge in [-0.3, -0.25) is 14.2 Å². The van der Waals surface area contributed by atoms with Gasteiger partial charge in [0.05, 0.1) is 36.1 Å². The summed E-state index contributed by atoms with van der Waals surface area (Å²) in [6.07, 6.45) is 0.567. The highest BCUT2D eigenvalue weighted by atomic mass is 19.4. The number of esters is 1. The summed E-state index contributed by atoms with van der Waals surface area (Å²) in [5.74, 6) is -0.163. The Kier molecular flexibility index (Phi) is 3.20. The fraction of sp³-hybridized carbons (Fsp3) is 0.733. The molecule has 1 aromatic heterocycles. The molecule has 1 aliphatic heterocycles. The van der Waals surface area contributed by atoms with Gasteiger partial charge in [0.2, 0.25) is 0 Å². The van der Waals surface area contributed by atoms with E-state index in [1.165, 1.54) is 7.11 Å². The summed E-state index contributed by atoms with van der Waals surface area (Å²) in [6, 6.07) is 0. The maximum absolute atomic E-state index is 12.3. The molecule has 1 atom stereocenters. The minimum absolute atomic E-state index is 0.131. The third kappa shape index (κ3) is 2.28. The molecule has 1 aromatic rings. The van der Waals surface area contributed by atoms with Crippen LogP contribution >= 0.6 is 0 Å². The number of anilines is 1. The van der Waals surface area contributed by atoms with E-state index in [0.717, 1.165) is 5.69 Å². The van der Waals surface area contributed by atoms with Gasteiger partial charge in [-0.1, -0.05) is 0 Å². The van der Waals surface area contributed by atoms with E-state index in [4.69, 9.17) is 4.74 Å². The van der Waals surface area contributed by atoms with Crippen LogP contribution in [-0.4, -0.2) is 48.4 Å².